The van der Waals surface area contributed by atoms with Crippen molar-refractivity contribution in [3.8, 4) is 12.1 Å². The van der Waals surface area contributed by atoms with E-state index in [1.807, 2.05) is 0 Å². The van der Waals surface area contributed by atoms with Crippen LogP contribution < -0.4 is 0 Å². The molecule has 0 amide bonds. The molecule has 0 radical (unpaired) electrons. The van der Waals surface area contributed by atoms with E-state index >= 15 is 0 Å². The van der Waals surface area contributed by atoms with Crippen LogP contribution in [0.3, 0.4) is 0 Å². The molecule has 1 aromatic carbocycles. The molecule has 0 aliphatic rings. The third kappa shape index (κ3) is 1.89. The standard InChI is InChI=1S/C9F6N2/c10-6-4(2-17)3(1-16)5(9(13,14)15)7(11)8(6)12. The fourth-order valence-corrected chi connectivity index (χ4v) is 1.14. The summed E-state index contributed by atoms with van der Waals surface area (Å²) in [4.78, 5) is 0. The highest BCUT2D eigenvalue weighted by Crippen LogP contribution is 2.37. The van der Waals surface area contributed by atoms with Gasteiger partial charge >= 0.3 is 6.18 Å². The van der Waals surface area contributed by atoms with Crippen molar-refractivity contribution in [2.24, 2.45) is 0 Å². The van der Waals surface area contributed by atoms with E-state index in [-0.39, 0.29) is 0 Å². The summed E-state index contributed by atoms with van der Waals surface area (Å²) >= 11 is 0. The molecule has 8 heteroatoms. The van der Waals surface area contributed by atoms with Crippen LogP contribution in [0.1, 0.15) is 16.7 Å². The van der Waals surface area contributed by atoms with Gasteiger partial charge in [-0.05, 0) is 0 Å². The van der Waals surface area contributed by atoms with E-state index in [0.29, 0.717) is 0 Å². The first-order chi connectivity index (χ1) is 7.75. The number of nitrogens with zero attached hydrogens (tertiary/aromatic N) is 2. The summed E-state index contributed by atoms with van der Waals surface area (Å²) in [6, 6.07) is 1.73. The summed E-state index contributed by atoms with van der Waals surface area (Å²) in [6.07, 6.45) is -5.41. The van der Waals surface area contributed by atoms with Crippen LogP contribution >= 0.6 is 0 Å². The Morgan fingerprint density at radius 2 is 1.24 bits per heavy atom. The van der Waals surface area contributed by atoms with Gasteiger partial charge in [0, 0.05) is 0 Å². The Morgan fingerprint density at radius 1 is 0.765 bits per heavy atom. The first-order valence-corrected chi connectivity index (χ1v) is 3.83. The summed E-state index contributed by atoms with van der Waals surface area (Å²) in [5, 5.41) is 16.7. The quantitative estimate of drug-likeness (QED) is 0.525. The maximum Gasteiger partial charge on any atom is 0.420 e. The highest BCUT2D eigenvalue weighted by Gasteiger charge is 2.41. The molecule has 17 heavy (non-hydrogen) atoms. The van der Waals surface area contributed by atoms with E-state index in [1.54, 1.807) is 0 Å². The molecule has 0 N–H and O–H groups in total. The lowest BCUT2D eigenvalue weighted by Gasteiger charge is -2.12. The zero-order chi connectivity index (χ0) is 13.4. The predicted octanol–water partition coefficient (Wildman–Crippen LogP) is 2.87. The van der Waals surface area contributed by atoms with Crippen LogP contribution in [0.2, 0.25) is 0 Å². The summed E-state index contributed by atoms with van der Waals surface area (Å²) in [5.74, 6) is -7.09. The summed E-state index contributed by atoms with van der Waals surface area (Å²) in [7, 11) is 0. The van der Waals surface area contributed by atoms with Crippen LogP contribution in [-0.2, 0) is 6.18 Å². The molecular formula is C9F6N2. The molecule has 0 aliphatic heterocycles. The Kier molecular flexibility index (Phi) is 3.01. The second-order valence-corrected chi connectivity index (χ2v) is 2.79. The van der Waals surface area contributed by atoms with Gasteiger partial charge < -0.3 is 0 Å². The Bertz CT molecular complexity index is 561. The molecule has 0 aromatic heterocycles. The van der Waals surface area contributed by atoms with Crippen molar-refractivity contribution in [1.29, 1.82) is 10.5 Å². The molecule has 0 spiro atoms. The maximum absolute atomic E-state index is 12.9. The molecule has 0 saturated heterocycles. The van der Waals surface area contributed by atoms with Crippen molar-refractivity contribution in [1.82, 2.24) is 0 Å². The minimum atomic E-state index is -5.41. The fraction of sp³-hybridized carbons (Fsp3) is 0.111. The highest BCUT2D eigenvalue weighted by molar-refractivity contribution is 5.53. The lowest BCUT2D eigenvalue weighted by atomic mass is 10.0. The smallest absolute Gasteiger partial charge is 0.203 e. The molecule has 1 rings (SSSR count). The second-order valence-electron chi connectivity index (χ2n) is 2.79. The first kappa shape index (κ1) is 12.8. The average molecular weight is 250 g/mol. The zero-order valence-electron chi connectivity index (χ0n) is 7.66. The van der Waals surface area contributed by atoms with Crippen molar-refractivity contribution in [2.45, 2.75) is 6.18 Å². The van der Waals surface area contributed by atoms with Crippen LogP contribution in [0.15, 0.2) is 0 Å². The first-order valence-electron chi connectivity index (χ1n) is 3.83. The van der Waals surface area contributed by atoms with E-state index in [1.165, 1.54) is 0 Å². The minimum absolute atomic E-state index is 0.841. The van der Waals surface area contributed by atoms with E-state index in [4.69, 9.17) is 10.5 Å². The van der Waals surface area contributed by atoms with Crippen molar-refractivity contribution in [3.63, 3.8) is 0 Å². The van der Waals surface area contributed by atoms with Crippen LogP contribution in [0.5, 0.6) is 0 Å². The van der Waals surface area contributed by atoms with Crippen LogP contribution in [-0.4, -0.2) is 0 Å². The topological polar surface area (TPSA) is 47.6 Å². The average Bonchev–Trinajstić information content (AvgIpc) is 2.23. The van der Waals surface area contributed by atoms with Gasteiger partial charge in [0.15, 0.2) is 17.5 Å². The third-order valence-corrected chi connectivity index (χ3v) is 1.83. The molecule has 0 heterocycles. The number of rotatable bonds is 0. The Morgan fingerprint density at radius 3 is 1.59 bits per heavy atom. The van der Waals surface area contributed by atoms with E-state index in [0.717, 1.165) is 12.1 Å². The van der Waals surface area contributed by atoms with Crippen LogP contribution in [0.25, 0.3) is 0 Å². The lowest BCUT2D eigenvalue weighted by molar-refractivity contribution is -0.140. The van der Waals surface area contributed by atoms with Crippen molar-refractivity contribution < 1.29 is 26.3 Å². The van der Waals surface area contributed by atoms with Crippen LogP contribution in [0.4, 0.5) is 26.3 Å². The van der Waals surface area contributed by atoms with Crippen molar-refractivity contribution >= 4 is 0 Å². The van der Waals surface area contributed by atoms with Gasteiger partial charge in [-0.15, -0.1) is 0 Å². The third-order valence-electron chi connectivity index (χ3n) is 1.83. The maximum atomic E-state index is 12.9. The minimum Gasteiger partial charge on any atom is -0.203 e. The van der Waals surface area contributed by atoms with Gasteiger partial charge in [-0.2, -0.15) is 23.7 Å². The van der Waals surface area contributed by atoms with Gasteiger partial charge in [-0.25, -0.2) is 13.2 Å². The SMILES string of the molecule is N#Cc1c(F)c(F)c(F)c(C(F)(F)F)c1C#N. The molecule has 1 aromatic rings. The number of hydrogen-bond donors (Lipinski definition) is 0. The molecule has 0 unspecified atom stereocenters. The van der Waals surface area contributed by atoms with Gasteiger partial charge in [-0.1, -0.05) is 0 Å². The Hall–Kier alpha value is -2.22. The second kappa shape index (κ2) is 3.98. The molecular weight excluding hydrogens is 250 g/mol. The Balaban J connectivity index is 3.92. The zero-order valence-corrected chi connectivity index (χ0v) is 7.66. The molecule has 0 aliphatic carbocycles. The van der Waals surface area contributed by atoms with Crippen LogP contribution in [0, 0.1) is 40.1 Å². The summed E-state index contributed by atoms with van der Waals surface area (Å²) < 4.78 is 75.6. The number of hydrogen-bond acceptors (Lipinski definition) is 2. The molecule has 88 valence electrons. The molecule has 0 saturated carbocycles. The van der Waals surface area contributed by atoms with E-state index in [9.17, 15) is 26.3 Å². The lowest BCUT2D eigenvalue weighted by Crippen LogP contribution is -2.16. The molecule has 0 bridgehead atoms. The van der Waals surface area contributed by atoms with Crippen molar-refractivity contribution in [2.75, 3.05) is 0 Å². The number of alkyl halides is 3. The molecule has 2 nitrogen and oxygen atoms in total. The van der Waals surface area contributed by atoms with Gasteiger partial charge in [0.05, 0.1) is 5.56 Å². The number of halogens is 6. The molecule has 0 atom stereocenters. The summed E-state index contributed by atoms with van der Waals surface area (Å²) in [5.41, 5.74) is -5.33. The van der Waals surface area contributed by atoms with Gasteiger partial charge in [-0.3, -0.25) is 0 Å². The highest BCUT2D eigenvalue weighted by atomic mass is 19.4. The number of benzene rings is 1. The van der Waals surface area contributed by atoms with Gasteiger partial charge in [0.2, 0.25) is 0 Å². The largest absolute Gasteiger partial charge is 0.420 e. The molecule has 0 fully saturated rings. The summed E-state index contributed by atoms with van der Waals surface area (Å²) in [6.45, 7) is 0. The Labute approximate surface area is 90.3 Å². The number of nitriles is 2. The fourth-order valence-electron chi connectivity index (χ4n) is 1.14. The normalized spacial score (nSPS) is 10.8. The van der Waals surface area contributed by atoms with E-state index < -0.39 is 40.3 Å². The monoisotopic (exact) mass is 250 g/mol. The van der Waals surface area contributed by atoms with E-state index in [2.05, 4.69) is 0 Å². The predicted molar refractivity (Wildman–Crippen MR) is 40.7 cm³/mol. The van der Waals surface area contributed by atoms with Crippen molar-refractivity contribution in [3.05, 3.63) is 34.1 Å². The van der Waals surface area contributed by atoms with Gasteiger partial charge in [0.1, 0.15) is 23.3 Å². The van der Waals surface area contributed by atoms with Gasteiger partial charge in [0.25, 0.3) is 0 Å².